The second-order valence-corrected chi connectivity index (χ2v) is 5.45. The summed E-state index contributed by atoms with van der Waals surface area (Å²) in [5, 5.41) is 2.51. The summed E-state index contributed by atoms with van der Waals surface area (Å²) in [7, 11) is 0. The first-order chi connectivity index (χ1) is 8.72. The number of alkyl halides is 1. The van der Waals surface area contributed by atoms with Crippen LogP contribution in [0, 0.1) is 0 Å². The maximum Gasteiger partial charge on any atom is 0.0830 e. The highest BCUT2D eigenvalue weighted by Gasteiger charge is 2.07. The fraction of sp³-hybridized carbons (Fsp3) is 0.125. The van der Waals surface area contributed by atoms with E-state index in [1.807, 2.05) is 19.1 Å². The van der Waals surface area contributed by atoms with E-state index in [4.69, 9.17) is 5.73 Å². The van der Waals surface area contributed by atoms with Gasteiger partial charge in [-0.25, -0.2) is 0 Å². The molecule has 92 valence electrons. The van der Waals surface area contributed by atoms with Crippen molar-refractivity contribution in [2.24, 2.45) is 5.73 Å². The van der Waals surface area contributed by atoms with Gasteiger partial charge in [0.15, 0.2) is 0 Å². The molecule has 1 atom stereocenters. The first-order valence-electron chi connectivity index (χ1n) is 5.94. The van der Waals surface area contributed by atoms with E-state index in [9.17, 15) is 0 Å². The molecule has 0 amide bonds. The molecule has 2 rings (SSSR count). The van der Waals surface area contributed by atoms with E-state index in [2.05, 4.69) is 71.1 Å². The Hall–Kier alpha value is -1.13. The van der Waals surface area contributed by atoms with E-state index >= 15 is 0 Å². The Bertz CT molecular complexity index is 597. The Kier molecular flexibility index (Phi) is 4.55. The number of nitrogens with two attached hydrogens (primary N) is 1. The maximum atomic E-state index is 6.04. The highest BCUT2D eigenvalue weighted by molar-refractivity contribution is 14.1. The lowest BCUT2D eigenvalue weighted by molar-refractivity contribution is 1.22. The number of rotatable bonds is 3. The Balaban J connectivity index is 2.51. The Morgan fingerprint density at radius 2 is 1.89 bits per heavy atom. The number of fused-ring (bicyclic) bond motifs is 1. The van der Waals surface area contributed by atoms with Crippen LogP contribution in [0.3, 0.4) is 0 Å². The van der Waals surface area contributed by atoms with Crippen molar-refractivity contribution in [3.05, 3.63) is 66.3 Å². The predicted molar refractivity (Wildman–Crippen MR) is 88.7 cm³/mol. The molecule has 18 heavy (non-hydrogen) atoms. The lowest BCUT2D eigenvalue weighted by atomic mass is 10.0. The summed E-state index contributed by atoms with van der Waals surface area (Å²) in [5.41, 5.74) is 8.38. The molecular formula is C16H16IN. The van der Waals surface area contributed by atoms with Gasteiger partial charge in [-0.3, -0.25) is 0 Å². The molecular weight excluding hydrogens is 333 g/mol. The molecule has 0 aliphatic rings. The summed E-state index contributed by atoms with van der Waals surface area (Å²) >= 11 is 2.25. The molecule has 0 spiro atoms. The number of hydrogen-bond donors (Lipinski definition) is 1. The van der Waals surface area contributed by atoms with Crippen LogP contribution in [-0.2, 0) is 0 Å². The van der Waals surface area contributed by atoms with Crippen molar-refractivity contribution in [1.29, 1.82) is 0 Å². The quantitative estimate of drug-likeness (QED) is 0.375. The lowest BCUT2D eigenvalue weighted by Gasteiger charge is -2.11. The van der Waals surface area contributed by atoms with Crippen molar-refractivity contribution in [3.8, 4) is 0 Å². The van der Waals surface area contributed by atoms with E-state index in [1.165, 1.54) is 16.3 Å². The first kappa shape index (κ1) is 13.3. The van der Waals surface area contributed by atoms with Crippen molar-refractivity contribution in [3.63, 3.8) is 0 Å². The average Bonchev–Trinajstić information content (AvgIpc) is 2.38. The van der Waals surface area contributed by atoms with Crippen LogP contribution in [0.4, 0.5) is 0 Å². The molecule has 2 aromatic rings. The SMILES string of the molecule is C/C=C\C=C(\c1ccc2ccccc2c1)C(N)I. The molecule has 0 saturated heterocycles. The van der Waals surface area contributed by atoms with Crippen LogP contribution in [0.2, 0.25) is 0 Å². The third-order valence-electron chi connectivity index (χ3n) is 2.85. The molecule has 0 aromatic heterocycles. The summed E-state index contributed by atoms with van der Waals surface area (Å²) < 4.78 is -0.0000350. The van der Waals surface area contributed by atoms with Gasteiger partial charge in [0.2, 0.25) is 0 Å². The molecule has 2 N–H and O–H groups in total. The van der Waals surface area contributed by atoms with Gasteiger partial charge in [-0.15, -0.1) is 0 Å². The molecule has 0 fully saturated rings. The molecule has 0 bridgehead atoms. The van der Waals surface area contributed by atoms with Crippen LogP contribution in [-0.4, -0.2) is 4.05 Å². The minimum atomic E-state index is -0.0000350. The number of allylic oxidation sites excluding steroid dienone is 3. The van der Waals surface area contributed by atoms with Gasteiger partial charge < -0.3 is 5.73 Å². The van der Waals surface area contributed by atoms with Crippen molar-refractivity contribution in [2.75, 3.05) is 0 Å². The molecule has 2 aromatic carbocycles. The summed E-state index contributed by atoms with van der Waals surface area (Å²) in [6.45, 7) is 2.01. The first-order valence-corrected chi connectivity index (χ1v) is 7.18. The van der Waals surface area contributed by atoms with Gasteiger partial charge >= 0.3 is 0 Å². The molecule has 0 saturated carbocycles. The fourth-order valence-electron chi connectivity index (χ4n) is 1.92. The average molecular weight is 349 g/mol. The minimum absolute atomic E-state index is 0.0000350. The Labute approximate surface area is 122 Å². The zero-order valence-corrected chi connectivity index (χ0v) is 12.5. The molecule has 1 unspecified atom stereocenters. The topological polar surface area (TPSA) is 26.0 Å². The van der Waals surface area contributed by atoms with Gasteiger partial charge in [0, 0.05) is 0 Å². The highest BCUT2D eigenvalue weighted by Crippen LogP contribution is 2.25. The van der Waals surface area contributed by atoms with E-state index in [0.29, 0.717) is 0 Å². The van der Waals surface area contributed by atoms with Gasteiger partial charge in [-0.1, -0.05) is 77.2 Å². The molecule has 0 heterocycles. The largest absolute Gasteiger partial charge is 0.316 e. The van der Waals surface area contributed by atoms with Crippen LogP contribution in [0.5, 0.6) is 0 Å². The van der Waals surface area contributed by atoms with Gasteiger partial charge in [0.25, 0.3) is 0 Å². The summed E-state index contributed by atoms with van der Waals surface area (Å²) in [6, 6.07) is 14.9. The minimum Gasteiger partial charge on any atom is -0.316 e. The van der Waals surface area contributed by atoms with Gasteiger partial charge in [-0.2, -0.15) is 0 Å². The Morgan fingerprint density at radius 3 is 2.56 bits per heavy atom. The molecule has 0 radical (unpaired) electrons. The van der Waals surface area contributed by atoms with Gasteiger partial charge in [0.1, 0.15) is 0 Å². The monoisotopic (exact) mass is 349 g/mol. The van der Waals surface area contributed by atoms with Crippen LogP contribution in [0.1, 0.15) is 12.5 Å². The Morgan fingerprint density at radius 1 is 1.17 bits per heavy atom. The van der Waals surface area contributed by atoms with Crippen LogP contribution < -0.4 is 5.73 Å². The molecule has 0 aliphatic carbocycles. The normalized spacial score (nSPS) is 14.3. The lowest BCUT2D eigenvalue weighted by Crippen LogP contribution is -2.12. The van der Waals surface area contributed by atoms with Crippen molar-refractivity contribution in [2.45, 2.75) is 11.0 Å². The number of hydrogen-bond acceptors (Lipinski definition) is 1. The van der Waals surface area contributed by atoms with E-state index in [0.717, 1.165) is 5.57 Å². The third-order valence-corrected chi connectivity index (χ3v) is 3.52. The van der Waals surface area contributed by atoms with Gasteiger partial charge in [-0.05, 0) is 34.9 Å². The van der Waals surface area contributed by atoms with E-state index in [-0.39, 0.29) is 4.05 Å². The van der Waals surface area contributed by atoms with Crippen LogP contribution in [0.25, 0.3) is 16.3 Å². The van der Waals surface area contributed by atoms with E-state index in [1.54, 1.807) is 0 Å². The second kappa shape index (κ2) is 6.16. The van der Waals surface area contributed by atoms with E-state index < -0.39 is 0 Å². The van der Waals surface area contributed by atoms with Crippen LogP contribution in [0.15, 0.2) is 60.7 Å². The standard InChI is InChI=1S/C16H16IN/c1-2-3-8-15(16(17)18)14-10-9-12-6-4-5-7-13(12)11-14/h2-11,16H,18H2,1H3/b3-2-,15-8-. The molecule has 0 aliphatic heterocycles. The molecule has 2 heteroatoms. The van der Waals surface area contributed by atoms with Gasteiger partial charge in [0.05, 0.1) is 4.05 Å². The number of halogens is 1. The predicted octanol–water partition coefficient (Wildman–Crippen LogP) is 4.52. The maximum absolute atomic E-state index is 6.04. The summed E-state index contributed by atoms with van der Waals surface area (Å²) in [5.74, 6) is 0. The summed E-state index contributed by atoms with van der Waals surface area (Å²) in [4.78, 5) is 0. The van der Waals surface area contributed by atoms with Crippen molar-refractivity contribution >= 4 is 38.9 Å². The summed E-state index contributed by atoms with van der Waals surface area (Å²) in [6.07, 6.45) is 6.13. The zero-order valence-electron chi connectivity index (χ0n) is 10.3. The highest BCUT2D eigenvalue weighted by atomic mass is 127. The third kappa shape index (κ3) is 3.00. The van der Waals surface area contributed by atoms with Crippen LogP contribution >= 0.6 is 22.6 Å². The second-order valence-electron chi connectivity index (χ2n) is 4.11. The number of benzene rings is 2. The van der Waals surface area contributed by atoms with Crippen molar-refractivity contribution in [1.82, 2.24) is 0 Å². The smallest absolute Gasteiger partial charge is 0.0830 e. The fourth-order valence-corrected chi connectivity index (χ4v) is 2.48. The van der Waals surface area contributed by atoms with Crippen molar-refractivity contribution < 1.29 is 0 Å². The molecule has 1 nitrogen and oxygen atoms in total. The zero-order chi connectivity index (χ0) is 13.0.